The Morgan fingerprint density at radius 3 is 2.39 bits per heavy atom. The molecule has 5 nitrogen and oxygen atoms in total. The summed E-state index contributed by atoms with van der Waals surface area (Å²) < 4.78 is 3.82. The van der Waals surface area contributed by atoms with Crippen LogP contribution in [0.3, 0.4) is 0 Å². The first-order valence-electron chi connectivity index (χ1n) is 6.59. The third-order valence-corrected chi connectivity index (χ3v) is 5.04. The molecule has 0 aliphatic rings. The van der Waals surface area contributed by atoms with Crippen LogP contribution in [0.5, 0.6) is 0 Å². The second-order valence-corrected chi connectivity index (χ2v) is 6.76. The lowest BCUT2D eigenvalue weighted by Crippen LogP contribution is -1.90. The summed E-state index contributed by atoms with van der Waals surface area (Å²) >= 11 is 4.87. The van der Waals surface area contributed by atoms with Crippen molar-refractivity contribution in [2.45, 2.75) is 0 Å². The summed E-state index contributed by atoms with van der Waals surface area (Å²) in [6.07, 6.45) is 0. The van der Waals surface area contributed by atoms with E-state index >= 15 is 0 Å². The largest absolute Gasteiger partial charge is 0.265 e. The van der Waals surface area contributed by atoms with Gasteiger partial charge in [0.25, 0.3) is 0 Å². The standard InChI is InChI=1S/C16H6BrN5S/c17-12-3-1-9(2-4-12)15-20-21-16-22(15)13-5-10(7-18)11(8-19)6-14(13)23-16/h1-6H. The quantitative estimate of drug-likeness (QED) is 0.498. The number of rotatable bonds is 1. The monoisotopic (exact) mass is 379 g/mol. The van der Waals surface area contributed by atoms with Crippen LogP contribution < -0.4 is 0 Å². The first kappa shape index (κ1) is 13.9. The molecule has 0 saturated heterocycles. The fourth-order valence-corrected chi connectivity index (χ4v) is 3.70. The SMILES string of the molecule is N#Cc1cc2sc3nnc(-c4ccc(Br)cc4)n3c2cc1C#N. The van der Waals surface area contributed by atoms with Crippen molar-refractivity contribution in [3.05, 3.63) is 52.0 Å². The van der Waals surface area contributed by atoms with Crippen LogP contribution in [0.1, 0.15) is 11.1 Å². The van der Waals surface area contributed by atoms with E-state index in [9.17, 15) is 5.26 Å². The predicted octanol–water partition coefficient (Wildman–Crippen LogP) is 4.12. The number of aromatic nitrogens is 3. The minimum absolute atomic E-state index is 0.357. The van der Waals surface area contributed by atoms with Gasteiger partial charge in [-0.05, 0) is 24.3 Å². The van der Waals surface area contributed by atoms with E-state index < -0.39 is 0 Å². The number of halogens is 1. The van der Waals surface area contributed by atoms with Gasteiger partial charge in [0.1, 0.15) is 12.1 Å². The Morgan fingerprint density at radius 2 is 1.70 bits per heavy atom. The van der Waals surface area contributed by atoms with E-state index in [1.165, 1.54) is 11.3 Å². The molecule has 0 bridgehead atoms. The Bertz CT molecular complexity index is 1140. The van der Waals surface area contributed by atoms with Crippen molar-refractivity contribution >= 4 is 42.4 Å². The van der Waals surface area contributed by atoms with Crippen molar-refractivity contribution in [2.75, 3.05) is 0 Å². The van der Waals surface area contributed by atoms with E-state index in [4.69, 9.17) is 5.26 Å². The number of hydrogen-bond donors (Lipinski definition) is 0. The smallest absolute Gasteiger partial charge is 0.217 e. The van der Waals surface area contributed by atoms with Gasteiger partial charge in [-0.3, -0.25) is 4.40 Å². The molecule has 0 atom stereocenters. The lowest BCUT2D eigenvalue weighted by molar-refractivity contribution is 1.12. The van der Waals surface area contributed by atoms with Crippen LogP contribution in [0.2, 0.25) is 0 Å². The first-order valence-corrected chi connectivity index (χ1v) is 8.20. The molecule has 0 aliphatic heterocycles. The summed E-state index contributed by atoms with van der Waals surface area (Å²) in [6.45, 7) is 0. The number of benzene rings is 2. The van der Waals surface area contributed by atoms with Gasteiger partial charge < -0.3 is 0 Å². The maximum absolute atomic E-state index is 9.24. The van der Waals surface area contributed by atoms with Crippen LogP contribution >= 0.6 is 27.3 Å². The van der Waals surface area contributed by atoms with Crippen LogP contribution in [0.15, 0.2) is 40.9 Å². The van der Waals surface area contributed by atoms with Crippen molar-refractivity contribution in [1.29, 1.82) is 10.5 Å². The number of nitrogens with zero attached hydrogens (tertiary/aromatic N) is 5. The number of hydrogen-bond acceptors (Lipinski definition) is 5. The highest BCUT2D eigenvalue weighted by atomic mass is 79.9. The lowest BCUT2D eigenvalue weighted by Gasteiger charge is -2.01. The Kier molecular flexibility index (Phi) is 3.12. The third kappa shape index (κ3) is 2.10. The molecule has 0 amide bonds. The first-order chi connectivity index (χ1) is 11.2. The van der Waals surface area contributed by atoms with E-state index in [2.05, 4.69) is 38.3 Å². The van der Waals surface area contributed by atoms with Gasteiger partial charge in [0.15, 0.2) is 5.82 Å². The fraction of sp³-hybridized carbons (Fsp3) is 0. The molecule has 0 aliphatic carbocycles. The molecule has 0 radical (unpaired) electrons. The maximum Gasteiger partial charge on any atom is 0.217 e. The highest BCUT2D eigenvalue weighted by molar-refractivity contribution is 9.10. The molecule has 0 spiro atoms. The molecule has 108 valence electrons. The summed E-state index contributed by atoms with van der Waals surface area (Å²) in [5, 5.41) is 26.9. The van der Waals surface area contributed by atoms with Gasteiger partial charge in [-0.15, -0.1) is 10.2 Å². The molecule has 0 unspecified atom stereocenters. The normalized spacial score (nSPS) is 10.7. The zero-order chi connectivity index (χ0) is 16.0. The summed E-state index contributed by atoms with van der Waals surface area (Å²) in [6, 6.07) is 15.4. The van der Waals surface area contributed by atoms with Gasteiger partial charge in [0, 0.05) is 10.0 Å². The Hall–Kier alpha value is -2.74. The molecule has 23 heavy (non-hydrogen) atoms. The zero-order valence-corrected chi connectivity index (χ0v) is 13.9. The number of fused-ring (bicyclic) bond motifs is 3. The van der Waals surface area contributed by atoms with Crippen LogP contribution in [-0.4, -0.2) is 14.6 Å². The van der Waals surface area contributed by atoms with E-state index in [1.807, 2.05) is 28.7 Å². The molecule has 0 saturated carbocycles. The highest BCUT2D eigenvalue weighted by Gasteiger charge is 2.16. The van der Waals surface area contributed by atoms with Crippen LogP contribution in [-0.2, 0) is 0 Å². The van der Waals surface area contributed by atoms with Gasteiger partial charge in [-0.1, -0.05) is 39.4 Å². The molecule has 7 heteroatoms. The highest BCUT2D eigenvalue weighted by Crippen LogP contribution is 2.32. The molecule has 2 aromatic heterocycles. The summed E-state index contributed by atoms with van der Waals surface area (Å²) in [4.78, 5) is 0.733. The summed E-state index contributed by atoms with van der Waals surface area (Å²) in [5.74, 6) is 0.715. The number of thiazole rings is 1. The van der Waals surface area contributed by atoms with Gasteiger partial charge >= 0.3 is 0 Å². The third-order valence-electron chi connectivity index (χ3n) is 3.52. The summed E-state index contributed by atoms with van der Waals surface area (Å²) in [7, 11) is 0. The second kappa shape index (κ2) is 5.17. The topological polar surface area (TPSA) is 77.8 Å². The van der Waals surface area contributed by atoms with Crippen LogP contribution in [0.4, 0.5) is 0 Å². The molecule has 2 aromatic carbocycles. The van der Waals surface area contributed by atoms with Crippen LogP contribution in [0, 0.1) is 22.7 Å². The molecule has 0 fully saturated rings. The Labute approximate surface area is 143 Å². The zero-order valence-electron chi connectivity index (χ0n) is 11.5. The molecular formula is C16H6BrN5S. The van der Waals surface area contributed by atoms with Gasteiger partial charge in [-0.2, -0.15) is 10.5 Å². The lowest BCUT2D eigenvalue weighted by atomic mass is 10.1. The van der Waals surface area contributed by atoms with E-state index in [-0.39, 0.29) is 0 Å². The minimum atomic E-state index is 0.357. The van der Waals surface area contributed by atoms with Crippen molar-refractivity contribution in [1.82, 2.24) is 14.6 Å². The van der Waals surface area contributed by atoms with E-state index in [0.717, 1.165) is 25.2 Å². The molecule has 4 aromatic rings. The van der Waals surface area contributed by atoms with Crippen molar-refractivity contribution in [3.63, 3.8) is 0 Å². The van der Waals surface area contributed by atoms with Gasteiger partial charge in [-0.25, -0.2) is 0 Å². The average Bonchev–Trinajstić information content (AvgIpc) is 3.13. The van der Waals surface area contributed by atoms with E-state index in [0.29, 0.717) is 17.0 Å². The second-order valence-electron chi connectivity index (χ2n) is 4.84. The fourth-order valence-electron chi connectivity index (χ4n) is 2.45. The molecule has 4 rings (SSSR count). The van der Waals surface area contributed by atoms with Gasteiger partial charge in [0.2, 0.25) is 4.96 Å². The maximum atomic E-state index is 9.24. The molecular weight excluding hydrogens is 374 g/mol. The van der Waals surface area contributed by atoms with Crippen molar-refractivity contribution in [3.8, 4) is 23.5 Å². The van der Waals surface area contributed by atoms with E-state index in [1.54, 1.807) is 12.1 Å². The van der Waals surface area contributed by atoms with Gasteiger partial charge in [0.05, 0.1) is 21.3 Å². The molecule has 0 N–H and O–H groups in total. The van der Waals surface area contributed by atoms with Crippen molar-refractivity contribution in [2.24, 2.45) is 0 Å². The Balaban J connectivity index is 2.06. The van der Waals surface area contributed by atoms with Crippen molar-refractivity contribution < 1.29 is 0 Å². The predicted molar refractivity (Wildman–Crippen MR) is 90.9 cm³/mol. The number of nitriles is 2. The van der Waals surface area contributed by atoms with Crippen LogP contribution in [0.25, 0.3) is 26.6 Å². The average molecular weight is 380 g/mol. The minimum Gasteiger partial charge on any atom is -0.265 e. The molecule has 2 heterocycles. The summed E-state index contributed by atoms with van der Waals surface area (Å²) in [5.41, 5.74) is 2.50. The Morgan fingerprint density at radius 1 is 1.00 bits per heavy atom.